The molecule has 0 aliphatic carbocycles. The number of benzene rings is 2. The summed E-state index contributed by atoms with van der Waals surface area (Å²) in [5, 5.41) is 10.6. The molecule has 5 rings (SSSR count). The first-order valence-corrected chi connectivity index (χ1v) is 8.09. The van der Waals surface area contributed by atoms with Gasteiger partial charge in [-0.25, -0.2) is 0 Å². The van der Waals surface area contributed by atoms with Gasteiger partial charge in [0.2, 0.25) is 6.79 Å². The summed E-state index contributed by atoms with van der Waals surface area (Å²) in [7, 11) is 1.70. The molecule has 5 nitrogen and oxygen atoms in total. The summed E-state index contributed by atoms with van der Waals surface area (Å²) >= 11 is 0. The molecule has 1 unspecified atom stereocenters. The van der Waals surface area contributed by atoms with E-state index in [0.29, 0.717) is 6.54 Å². The molecule has 2 atom stereocenters. The molecular weight excluding hydrogens is 306 g/mol. The number of aliphatic hydroxyl groups is 1. The summed E-state index contributed by atoms with van der Waals surface area (Å²) < 4.78 is 16.5. The van der Waals surface area contributed by atoms with Gasteiger partial charge in [0, 0.05) is 17.2 Å². The summed E-state index contributed by atoms with van der Waals surface area (Å²) in [5.41, 5.74) is 5.51. The van der Waals surface area contributed by atoms with Crippen LogP contribution < -0.4 is 19.1 Å². The molecule has 0 aromatic heterocycles. The van der Waals surface area contributed by atoms with Crippen LogP contribution >= 0.6 is 0 Å². The van der Waals surface area contributed by atoms with Crippen molar-refractivity contribution in [3.05, 3.63) is 52.6 Å². The van der Waals surface area contributed by atoms with Crippen LogP contribution in [-0.4, -0.2) is 25.6 Å². The normalized spacial score (nSPS) is 23.0. The van der Waals surface area contributed by atoms with Gasteiger partial charge in [0.05, 0.1) is 12.7 Å². The van der Waals surface area contributed by atoms with Crippen LogP contribution in [0.5, 0.6) is 17.2 Å². The molecule has 0 spiro atoms. The van der Waals surface area contributed by atoms with Crippen molar-refractivity contribution in [2.45, 2.75) is 12.6 Å². The highest BCUT2D eigenvalue weighted by Gasteiger charge is 2.37. The van der Waals surface area contributed by atoms with E-state index < -0.39 is 6.10 Å². The fourth-order valence-corrected chi connectivity index (χ4v) is 3.92. The average molecular weight is 324 g/mol. The number of methoxy groups -OCH3 is 1. The highest BCUT2D eigenvalue weighted by molar-refractivity contribution is 5.82. The minimum Gasteiger partial charge on any atom is -0.496 e. The zero-order valence-corrected chi connectivity index (χ0v) is 13.3. The number of fused-ring (bicyclic) bond motifs is 5. The number of aliphatic hydroxyl groups excluding tert-OH is 1. The van der Waals surface area contributed by atoms with Crippen LogP contribution in [-0.2, 0) is 6.54 Å². The Kier molecular flexibility index (Phi) is 2.89. The van der Waals surface area contributed by atoms with Gasteiger partial charge in [0.25, 0.3) is 0 Å². The van der Waals surface area contributed by atoms with Crippen LogP contribution in [0.2, 0.25) is 0 Å². The molecule has 3 aliphatic rings. The quantitative estimate of drug-likeness (QED) is 0.832. The maximum atomic E-state index is 10.6. The lowest BCUT2D eigenvalue weighted by Gasteiger charge is -2.34. The van der Waals surface area contributed by atoms with Gasteiger partial charge in [-0.1, -0.05) is 12.1 Å². The van der Waals surface area contributed by atoms with Crippen LogP contribution in [0.15, 0.2) is 30.3 Å². The Bertz CT molecular complexity index is 874. The molecule has 2 aromatic rings. The Morgan fingerprint density at radius 1 is 1.21 bits per heavy atom. The van der Waals surface area contributed by atoms with E-state index in [1.54, 1.807) is 7.11 Å². The second-order valence-electron chi connectivity index (χ2n) is 6.38. The smallest absolute Gasteiger partial charge is 0.231 e. The Hall–Kier alpha value is -2.50. The topological polar surface area (TPSA) is 52.4 Å². The van der Waals surface area contributed by atoms with E-state index in [1.807, 2.05) is 24.3 Å². The third kappa shape index (κ3) is 1.89. The van der Waals surface area contributed by atoms with Crippen LogP contribution in [0.4, 0.5) is 0 Å². The summed E-state index contributed by atoms with van der Waals surface area (Å²) in [5.74, 6) is 2.37. The fraction of sp³-hybridized carbons (Fsp3) is 0.263. The van der Waals surface area contributed by atoms with E-state index in [1.165, 1.54) is 21.7 Å². The molecule has 5 heteroatoms. The zero-order valence-electron chi connectivity index (χ0n) is 13.3. The molecule has 24 heavy (non-hydrogen) atoms. The SMILES string of the molecule is COc1cccc2c1C[NH+]1C[C@H](O)c3cc4c(cc3C1=C2)OCO4. The van der Waals surface area contributed by atoms with Crippen molar-refractivity contribution in [3.8, 4) is 17.2 Å². The Labute approximate surface area is 139 Å². The third-order valence-corrected chi connectivity index (χ3v) is 5.09. The molecule has 0 radical (unpaired) electrons. The lowest BCUT2D eigenvalue weighted by atomic mass is 9.89. The number of nitrogens with one attached hydrogen (secondary N) is 1. The second-order valence-corrected chi connectivity index (χ2v) is 6.38. The van der Waals surface area contributed by atoms with Crippen molar-refractivity contribution in [2.75, 3.05) is 20.4 Å². The van der Waals surface area contributed by atoms with Gasteiger partial charge in [0.15, 0.2) is 11.5 Å². The fourth-order valence-electron chi connectivity index (χ4n) is 3.92. The number of rotatable bonds is 1. The van der Waals surface area contributed by atoms with E-state index in [9.17, 15) is 5.11 Å². The molecule has 0 saturated carbocycles. The predicted molar refractivity (Wildman–Crippen MR) is 87.9 cm³/mol. The molecule has 2 N–H and O–H groups in total. The Morgan fingerprint density at radius 2 is 2.04 bits per heavy atom. The Balaban J connectivity index is 1.70. The summed E-state index contributed by atoms with van der Waals surface area (Å²) in [4.78, 5) is 1.24. The minimum absolute atomic E-state index is 0.240. The van der Waals surface area contributed by atoms with Crippen molar-refractivity contribution in [3.63, 3.8) is 0 Å². The van der Waals surface area contributed by atoms with Crippen LogP contribution in [0, 0.1) is 0 Å². The van der Waals surface area contributed by atoms with E-state index in [4.69, 9.17) is 14.2 Å². The molecule has 2 aromatic carbocycles. The van der Waals surface area contributed by atoms with Crippen molar-refractivity contribution in [1.82, 2.24) is 0 Å². The summed E-state index contributed by atoms with van der Waals surface area (Å²) in [6.45, 7) is 1.68. The number of hydrogen-bond donors (Lipinski definition) is 2. The van der Waals surface area contributed by atoms with E-state index in [0.717, 1.165) is 34.9 Å². The molecule has 3 aliphatic heterocycles. The van der Waals surface area contributed by atoms with Gasteiger partial charge < -0.3 is 19.3 Å². The molecule has 0 bridgehead atoms. The van der Waals surface area contributed by atoms with Gasteiger partial charge in [-0.2, -0.15) is 0 Å². The summed E-state index contributed by atoms with van der Waals surface area (Å²) in [6.07, 6.45) is 1.68. The number of hydrogen-bond acceptors (Lipinski definition) is 4. The maximum absolute atomic E-state index is 10.6. The van der Waals surface area contributed by atoms with Gasteiger partial charge in [-0.3, -0.25) is 4.90 Å². The van der Waals surface area contributed by atoms with Crippen LogP contribution in [0.25, 0.3) is 11.8 Å². The number of quaternary nitrogens is 1. The highest BCUT2D eigenvalue weighted by atomic mass is 16.7. The Morgan fingerprint density at radius 3 is 2.88 bits per heavy atom. The van der Waals surface area contributed by atoms with Crippen molar-refractivity contribution < 1.29 is 24.2 Å². The van der Waals surface area contributed by atoms with Gasteiger partial charge in [-0.05, 0) is 23.8 Å². The number of ether oxygens (including phenoxy) is 3. The van der Waals surface area contributed by atoms with E-state index >= 15 is 0 Å². The highest BCUT2D eigenvalue weighted by Crippen LogP contribution is 2.41. The molecule has 0 fully saturated rings. The van der Waals surface area contributed by atoms with Crippen molar-refractivity contribution in [1.29, 1.82) is 0 Å². The second kappa shape index (κ2) is 5.00. The first-order chi connectivity index (χ1) is 11.7. The molecule has 122 valence electrons. The minimum atomic E-state index is -0.516. The third-order valence-electron chi connectivity index (χ3n) is 5.09. The van der Waals surface area contributed by atoms with Gasteiger partial charge in [0.1, 0.15) is 30.6 Å². The zero-order chi connectivity index (χ0) is 16.3. The van der Waals surface area contributed by atoms with E-state index in [2.05, 4.69) is 12.1 Å². The largest absolute Gasteiger partial charge is 0.496 e. The first kappa shape index (κ1) is 13.9. The predicted octanol–water partition coefficient (Wildman–Crippen LogP) is 1.37. The van der Waals surface area contributed by atoms with Crippen LogP contribution in [0.1, 0.15) is 28.4 Å². The van der Waals surface area contributed by atoms with E-state index in [-0.39, 0.29) is 6.79 Å². The molecule has 3 heterocycles. The maximum Gasteiger partial charge on any atom is 0.231 e. The van der Waals surface area contributed by atoms with Crippen molar-refractivity contribution in [2.24, 2.45) is 0 Å². The van der Waals surface area contributed by atoms with Crippen LogP contribution in [0.3, 0.4) is 0 Å². The molecular formula is C19H18NO4+. The molecule has 0 amide bonds. The molecule has 0 saturated heterocycles. The van der Waals surface area contributed by atoms with Gasteiger partial charge >= 0.3 is 0 Å². The lowest BCUT2D eigenvalue weighted by molar-refractivity contribution is -0.846. The summed E-state index contributed by atoms with van der Waals surface area (Å²) in [6, 6.07) is 10.0. The standard InChI is InChI=1S/C19H17NO4/c1-22-17-4-2-3-11-5-15-12-6-18-19(24-10-23-18)7-13(12)16(21)9-20(15)8-14(11)17/h2-7,16,21H,8-10H2,1H3/p+1/t16-/m0/s1. The average Bonchev–Trinajstić information content (AvgIpc) is 3.06. The monoisotopic (exact) mass is 324 g/mol. The van der Waals surface area contributed by atoms with Crippen molar-refractivity contribution >= 4 is 11.8 Å². The first-order valence-electron chi connectivity index (χ1n) is 8.09. The van der Waals surface area contributed by atoms with Gasteiger partial charge in [-0.15, -0.1) is 0 Å². The lowest BCUT2D eigenvalue weighted by Crippen LogP contribution is -3.09.